The van der Waals surface area contributed by atoms with Crippen molar-refractivity contribution in [2.75, 3.05) is 26.2 Å². The number of carbonyl (C=O) groups excluding carboxylic acids is 2. The summed E-state index contributed by atoms with van der Waals surface area (Å²) in [5, 5.41) is 1.11. The van der Waals surface area contributed by atoms with E-state index < -0.39 is 0 Å². The molecule has 2 aliphatic heterocycles. The van der Waals surface area contributed by atoms with Gasteiger partial charge in [0.25, 0.3) is 5.91 Å². The third kappa shape index (κ3) is 3.40. The molecule has 0 radical (unpaired) electrons. The SMILES string of the molecule is Cc1cc(-c2[nH]c3ccc(C(=O)N4CC5CN(C=O)CC5C4)cc3c2C(C)C)ccn1. The van der Waals surface area contributed by atoms with E-state index in [4.69, 9.17) is 0 Å². The summed E-state index contributed by atoms with van der Waals surface area (Å²) in [5.41, 5.74) is 6.21. The maximum absolute atomic E-state index is 13.3. The zero-order chi connectivity index (χ0) is 21.7. The lowest BCUT2D eigenvalue weighted by Crippen LogP contribution is -2.32. The fraction of sp³-hybridized carbons (Fsp3) is 0.400. The molecule has 3 aromatic rings. The van der Waals surface area contributed by atoms with Crippen molar-refractivity contribution in [2.45, 2.75) is 26.7 Å². The Bertz CT molecular complexity index is 1150. The van der Waals surface area contributed by atoms with E-state index in [1.165, 1.54) is 5.56 Å². The minimum Gasteiger partial charge on any atom is -0.354 e. The van der Waals surface area contributed by atoms with Crippen LogP contribution in [-0.4, -0.2) is 58.3 Å². The van der Waals surface area contributed by atoms with Crippen molar-refractivity contribution in [1.82, 2.24) is 19.8 Å². The van der Waals surface area contributed by atoms with Crippen LogP contribution in [0, 0.1) is 18.8 Å². The number of benzene rings is 1. The summed E-state index contributed by atoms with van der Waals surface area (Å²) in [6.45, 7) is 9.37. The number of likely N-dealkylation sites (tertiary alicyclic amines) is 2. The molecular formula is C25H28N4O2. The number of aromatic nitrogens is 2. The number of H-pyrrole nitrogens is 1. The van der Waals surface area contributed by atoms with E-state index >= 15 is 0 Å². The Morgan fingerprint density at radius 3 is 2.52 bits per heavy atom. The van der Waals surface area contributed by atoms with Crippen LogP contribution in [-0.2, 0) is 4.79 Å². The molecular weight excluding hydrogens is 388 g/mol. The number of nitrogens with zero attached hydrogens (tertiary/aromatic N) is 3. The molecule has 0 aliphatic carbocycles. The van der Waals surface area contributed by atoms with Crippen molar-refractivity contribution in [3.8, 4) is 11.3 Å². The van der Waals surface area contributed by atoms with Crippen molar-refractivity contribution < 1.29 is 9.59 Å². The summed E-state index contributed by atoms with van der Waals surface area (Å²) in [7, 11) is 0. The van der Waals surface area contributed by atoms with Crippen LogP contribution in [0.2, 0.25) is 0 Å². The molecule has 6 heteroatoms. The number of carbonyl (C=O) groups is 2. The van der Waals surface area contributed by atoms with Crippen LogP contribution in [0.25, 0.3) is 22.2 Å². The number of hydrogen-bond acceptors (Lipinski definition) is 3. The van der Waals surface area contributed by atoms with Crippen LogP contribution >= 0.6 is 0 Å². The van der Waals surface area contributed by atoms with E-state index in [9.17, 15) is 9.59 Å². The number of amides is 2. The van der Waals surface area contributed by atoms with E-state index in [1.807, 2.05) is 47.2 Å². The van der Waals surface area contributed by atoms with E-state index in [0.717, 1.165) is 66.0 Å². The molecule has 1 N–H and O–H groups in total. The van der Waals surface area contributed by atoms with Gasteiger partial charge in [-0.1, -0.05) is 13.8 Å². The van der Waals surface area contributed by atoms with E-state index in [-0.39, 0.29) is 5.91 Å². The lowest BCUT2D eigenvalue weighted by atomic mass is 9.95. The Morgan fingerprint density at radius 1 is 1.13 bits per heavy atom. The lowest BCUT2D eigenvalue weighted by molar-refractivity contribution is -0.117. The second-order valence-electron chi connectivity index (χ2n) is 9.30. The third-order valence-electron chi connectivity index (χ3n) is 6.80. The number of rotatable bonds is 4. The molecule has 2 unspecified atom stereocenters. The predicted octanol–water partition coefficient (Wildman–Crippen LogP) is 3.82. The average Bonchev–Trinajstić information content (AvgIpc) is 3.43. The van der Waals surface area contributed by atoms with Gasteiger partial charge in [0.2, 0.25) is 6.41 Å². The highest BCUT2D eigenvalue weighted by molar-refractivity contribution is 6.00. The third-order valence-corrected chi connectivity index (χ3v) is 6.80. The van der Waals surface area contributed by atoms with Gasteiger partial charge >= 0.3 is 0 Å². The van der Waals surface area contributed by atoms with Gasteiger partial charge in [0.05, 0.1) is 5.69 Å². The van der Waals surface area contributed by atoms with Gasteiger partial charge in [-0.3, -0.25) is 14.6 Å². The molecule has 4 heterocycles. The quantitative estimate of drug-likeness (QED) is 0.658. The Kier molecular flexibility index (Phi) is 4.80. The summed E-state index contributed by atoms with van der Waals surface area (Å²) in [6.07, 6.45) is 2.77. The number of fused-ring (bicyclic) bond motifs is 2. The van der Waals surface area contributed by atoms with Crippen molar-refractivity contribution in [2.24, 2.45) is 11.8 Å². The molecule has 2 aromatic heterocycles. The molecule has 1 aromatic carbocycles. The molecule has 2 saturated heterocycles. The molecule has 0 saturated carbocycles. The number of nitrogens with one attached hydrogen (secondary N) is 1. The maximum Gasteiger partial charge on any atom is 0.253 e. The molecule has 2 amide bonds. The van der Waals surface area contributed by atoms with Gasteiger partial charge in [-0.05, 0) is 48.7 Å². The molecule has 160 valence electrons. The van der Waals surface area contributed by atoms with Gasteiger partial charge in [0.1, 0.15) is 0 Å². The van der Waals surface area contributed by atoms with Crippen LogP contribution in [0.4, 0.5) is 0 Å². The van der Waals surface area contributed by atoms with Gasteiger partial charge in [-0.15, -0.1) is 0 Å². The fourth-order valence-electron chi connectivity index (χ4n) is 5.34. The molecule has 2 fully saturated rings. The van der Waals surface area contributed by atoms with Crippen molar-refractivity contribution >= 4 is 23.2 Å². The Labute approximate surface area is 182 Å². The van der Waals surface area contributed by atoms with Crippen LogP contribution in [0.5, 0.6) is 0 Å². The van der Waals surface area contributed by atoms with Crippen LogP contribution in [0.3, 0.4) is 0 Å². The van der Waals surface area contributed by atoms with Crippen molar-refractivity contribution in [1.29, 1.82) is 0 Å². The largest absolute Gasteiger partial charge is 0.354 e. The van der Waals surface area contributed by atoms with Crippen LogP contribution < -0.4 is 0 Å². The minimum absolute atomic E-state index is 0.0890. The van der Waals surface area contributed by atoms with Crippen LogP contribution in [0.15, 0.2) is 36.5 Å². The zero-order valence-corrected chi connectivity index (χ0v) is 18.3. The Balaban J connectivity index is 1.48. The van der Waals surface area contributed by atoms with E-state index in [1.54, 1.807) is 0 Å². The normalized spacial score (nSPS) is 20.6. The summed E-state index contributed by atoms with van der Waals surface area (Å²) in [4.78, 5) is 36.0. The topological polar surface area (TPSA) is 69.3 Å². The summed E-state index contributed by atoms with van der Waals surface area (Å²) < 4.78 is 0. The number of pyridine rings is 1. The van der Waals surface area contributed by atoms with Gasteiger partial charge in [0, 0.05) is 71.9 Å². The molecule has 6 nitrogen and oxygen atoms in total. The maximum atomic E-state index is 13.3. The molecule has 2 aliphatic rings. The Hall–Kier alpha value is -3.15. The first-order chi connectivity index (χ1) is 14.9. The first kappa shape index (κ1) is 19.8. The van der Waals surface area contributed by atoms with Gasteiger partial charge in [0.15, 0.2) is 0 Å². The lowest BCUT2D eigenvalue weighted by Gasteiger charge is -2.19. The second-order valence-corrected chi connectivity index (χ2v) is 9.30. The Morgan fingerprint density at radius 2 is 1.87 bits per heavy atom. The number of hydrogen-bond donors (Lipinski definition) is 1. The highest BCUT2D eigenvalue weighted by atomic mass is 16.2. The second kappa shape index (κ2) is 7.52. The first-order valence-corrected chi connectivity index (χ1v) is 11.0. The highest BCUT2D eigenvalue weighted by Gasteiger charge is 2.41. The molecule has 2 atom stereocenters. The predicted molar refractivity (Wildman–Crippen MR) is 121 cm³/mol. The number of aryl methyl sites for hydroxylation is 1. The van der Waals surface area contributed by atoms with E-state index in [2.05, 4.69) is 29.9 Å². The standard InChI is InChI=1S/C25H28N4O2/c1-15(2)23-21-9-18(25(31)29-12-19-10-28(14-30)11-20(19)13-29)4-5-22(21)27-24(23)17-6-7-26-16(3)8-17/h4-9,14-15,19-20,27H,10-13H2,1-3H3. The van der Waals surface area contributed by atoms with Gasteiger partial charge in [-0.2, -0.15) is 0 Å². The smallest absolute Gasteiger partial charge is 0.253 e. The van der Waals surface area contributed by atoms with Crippen molar-refractivity contribution in [3.63, 3.8) is 0 Å². The number of aromatic amines is 1. The summed E-state index contributed by atoms with van der Waals surface area (Å²) in [6, 6.07) is 10.1. The van der Waals surface area contributed by atoms with Crippen molar-refractivity contribution in [3.05, 3.63) is 53.3 Å². The highest BCUT2D eigenvalue weighted by Crippen LogP contribution is 2.37. The summed E-state index contributed by atoms with van der Waals surface area (Å²) in [5.74, 6) is 1.20. The minimum atomic E-state index is 0.0890. The molecule has 31 heavy (non-hydrogen) atoms. The zero-order valence-electron chi connectivity index (χ0n) is 18.3. The molecule has 0 spiro atoms. The summed E-state index contributed by atoms with van der Waals surface area (Å²) >= 11 is 0. The van der Waals surface area contributed by atoms with E-state index in [0.29, 0.717) is 17.8 Å². The van der Waals surface area contributed by atoms with Gasteiger partial charge in [-0.25, -0.2) is 0 Å². The van der Waals surface area contributed by atoms with Crippen LogP contribution in [0.1, 0.15) is 41.4 Å². The monoisotopic (exact) mass is 416 g/mol. The fourth-order valence-corrected chi connectivity index (χ4v) is 5.34. The van der Waals surface area contributed by atoms with Gasteiger partial charge < -0.3 is 14.8 Å². The molecule has 5 rings (SSSR count). The first-order valence-electron chi connectivity index (χ1n) is 11.0. The average molecular weight is 417 g/mol. The molecule has 0 bridgehead atoms.